The lowest BCUT2D eigenvalue weighted by Crippen LogP contribution is -2.30. The molecular weight excluding hydrogens is 348 g/mol. The number of carbonyl (C=O) groups excluding carboxylic acids is 1. The summed E-state index contributed by atoms with van der Waals surface area (Å²) in [5, 5.41) is 3.49. The fourth-order valence-corrected chi connectivity index (χ4v) is 2.90. The van der Waals surface area contributed by atoms with Gasteiger partial charge in [-0.05, 0) is 30.7 Å². The van der Waals surface area contributed by atoms with Gasteiger partial charge in [-0.15, -0.1) is 0 Å². The monoisotopic (exact) mass is 366 g/mol. The number of fused-ring (bicyclic) bond motifs is 2. The average Bonchev–Trinajstić information content (AvgIpc) is 2.68. The van der Waals surface area contributed by atoms with Gasteiger partial charge in [-0.1, -0.05) is 18.2 Å². The molecule has 0 radical (unpaired) electrons. The van der Waals surface area contributed by atoms with Gasteiger partial charge in [0, 0.05) is 23.6 Å². The molecule has 0 bridgehead atoms. The van der Waals surface area contributed by atoms with Crippen molar-refractivity contribution in [2.75, 3.05) is 19.8 Å². The van der Waals surface area contributed by atoms with Crippen molar-refractivity contribution >= 4 is 17.0 Å². The molecule has 138 valence electrons. The zero-order chi connectivity index (χ0) is 18.6. The summed E-state index contributed by atoms with van der Waals surface area (Å²) >= 11 is 0. The lowest BCUT2D eigenvalue weighted by Gasteiger charge is -2.18. The van der Waals surface area contributed by atoms with Crippen LogP contribution in [0.4, 0.5) is 4.79 Å². The van der Waals surface area contributed by atoms with Crippen LogP contribution >= 0.6 is 0 Å². The number of H-pyrrole nitrogens is 1. The summed E-state index contributed by atoms with van der Waals surface area (Å²) in [5.41, 5.74) is 1.06. The van der Waals surface area contributed by atoms with E-state index in [4.69, 9.17) is 14.2 Å². The zero-order valence-corrected chi connectivity index (χ0v) is 14.5. The number of carbonyl (C=O) groups is 1. The summed E-state index contributed by atoms with van der Waals surface area (Å²) < 4.78 is 16.3. The molecule has 2 aromatic carbocycles. The Hall–Kier alpha value is -3.48. The van der Waals surface area contributed by atoms with Crippen molar-refractivity contribution in [1.29, 1.82) is 0 Å². The molecule has 0 aliphatic carbocycles. The predicted molar refractivity (Wildman–Crippen MR) is 99.7 cm³/mol. The van der Waals surface area contributed by atoms with E-state index < -0.39 is 6.09 Å². The van der Waals surface area contributed by atoms with Gasteiger partial charge in [-0.2, -0.15) is 0 Å². The van der Waals surface area contributed by atoms with Crippen LogP contribution in [0.1, 0.15) is 5.56 Å². The highest BCUT2D eigenvalue weighted by Crippen LogP contribution is 2.33. The number of benzene rings is 2. The van der Waals surface area contributed by atoms with Gasteiger partial charge in [-0.3, -0.25) is 4.79 Å². The Morgan fingerprint density at radius 1 is 1.07 bits per heavy atom. The molecule has 0 saturated heterocycles. The maximum atomic E-state index is 12.3. The molecule has 3 aromatic rings. The Bertz CT molecular complexity index is 1030. The van der Waals surface area contributed by atoms with Crippen LogP contribution in [-0.2, 0) is 6.42 Å². The molecule has 0 atom stereocenters. The summed E-state index contributed by atoms with van der Waals surface area (Å²) in [6.45, 7) is 1.28. The third-order valence-corrected chi connectivity index (χ3v) is 4.20. The second-order valence-corrected chi connectivity index (χ2v) is 6.09. The van der Waals surface area contributed by atoms with E-state index in [1.54, 1.807) is 36.4 Å². The minimum absolute atomic E-state index is 0.197. The molecule has 0 fully saturated rings. The van der Waals surface area contributed by atoms with E-state index in [9.17, 15) is 9.59 Å². The average molecular weight is 366 g/mol. The number of aromatic amines is 1. The quantitative estimate of drug-likeness (QED) is 0.741. The van der Waals surface area contributed by atoms with Crippen molar-refractivity contribution in [3.05, 3.63) is 64.4 Å². The number of aromatic nitrogens is 1. The van der Waals surface area contributed by atoms with Crippen molar-refractivity contribution in [2.24, 2.45) is 0 Å². The third kappa shape index (κ3) is 3.87. The first-order valence-electron chi connectivity index (χ1n) is 8.65. The van der Waals surface area contributed by atoms with E-state index in [1.807, 2.05) is 12.1 Å². The van der Waals surface area contributed by atoms with Gasteiger partial charge in [0.1, 0.15) is 19.0 Å². The van der Waals surface area contributed by atoms with Crippen molar-refractivity contribution in [3.8, 4) is 17.2 Å². The topological polar surface area (TPSA) is 89.7 Å². The SMILES string of the molecule is O=C(NCCc1cc2cc3c(cc2[nH]c1=O)OCCO3)Oc1ccccc1. The Morgan fingerprint density at radius 3 is 2.59 bits per heavy atom. The highest BCUT2D eigenvalue weighted by molar-refractivity contribution is 5.83. The number of ether oxygens (including phenoxy) is 3. The highest BCUT2D eigenvalue weighted by atomic mass is 16.6. The third-order valence-electron chi connectivity index (χ3n) is 4.20. The van der Waals surface area contributed by atoms with Gasteiger partial charge in [0.2, 0.25) is 0 Å². The van der Waals surface area contributed by atoms with E-state index in [1.165, 1.54) is 0 Å². The predicted octanol–water partition coefficient (Wildman–Crippen LogP) is 2.63. The summed E-state index contributed by atoms with van der Waals surface area (Å²) in [4.78, 5) is 27.0. The molecule has 1 aromatic heterocycles. The first-order chi connectivity index (χ1) is 13.2. The number of nitrogens with one attached hydrogen (secondary N) is 2. The summed E-state index contributed by atoms with van der Waals surface area (Å²) in [5.74, 6) is 1.75. The number of para-hydroxylation sites is 1. The van der Waals surface area contributed by atoms with E-state index in [0.717, 1.165) is 5.39 Å². The Labute approximate surface area is 154 Å². The summed E-state index contributed by atoms with van der Waals surface area (Å²) in [6, 6.07) is 14.2. The van der Waals surface area contributed by atoms with Crippen molar-refractivity contribution in [2.45, 2.75) is 6.42 Å². The van der Waals surface area contributed by atoms with E-state index in [2.05, 4.69) is 10.3 Å². The van der Waals surface area contributed by atoms with Gasteiger partial charge in [0.15, 0.2) is 11.5 Å². The first-order valence-corrected chi connectivity index (χ1v) is 8.65. The van der Waals surface area contributed by atoms with Gasteiger partial charge in [-0.25, -0.2) is 4.79 Å². The molecule has 2 heterocycles. The Morgan fingerprint density at radius 2 is 1.81 bits per heavy atom. The number of pyridine rings is 1. The van der Waals surface area contributed by atoms with E-state index in [-0.39, 0.29) is 12.1 Å². The molecule has 27 heavy (non-hydrogen) atoms. The van der Waals surface area contributed by atoms with E-state index >= 15 is 0 Å². The fraction of sp³-hybridized carbons (Fsp3) is 0.200. The summed E-state index contributed by atoms with van der Waals surface area (Å²) in [7, 11) is 0. The highest BCUT2D eigenvalue weighted by Gasteiger charge is 2.14. The molecule has 1 aliphatic heterocycles. The maximum absolute atomic E-state index is 12.3. The van der Waals surface area contributed by atoms with Crippen molar-refractivity contribution in [3.63, 3.8) is 0 Å². The largest absolute Gasteiger partial charge is 0.486 e. The lowest BCUT2D eigenvalue weighted by molar-refractivity contribution is 0.172. The molecule has 2 N–H and O–H groups in total. The Balaban J connectivity index is 1.43. The molecule has 7 nitrogen and oxygen atoms in total. The maximum Gasteiger partial charge on any atom is 0.412 e. The number of hydrogen-bond acceptors (Lipinski definition) is 5. The normalized spacial score (nSPS) is 12.6. The van der Waals surface area contributed by atoms with Gasteiger partial charge in [0.25, 0.3) is 5.56 Å². The van der Waals surface area contributed by atoms with Crippen LogP contribution in [0.15, 0.2) is 53.3 Å². The second kappa shape index (κ2) is 7.41. The molecule has 0 spiro atoms. The van der Waals surface area contributed by atoms with Crippen LogP contribution in [-0.4, -0.2) is 30.8 Å². The molecule has 0 saturated carbocycles. The molecule has 0 unspecified atom stereocenters. The minimum Gasteiger partial charge on any atom is -0.486 e. The smallest absolute Gasteiger partial charge is 0.412 e. The Kier molecular flexibility index (Phi) is 4.65. The first kappa shape index (κ1) is 17.0. The van der Waals surface area contributed by atoms with Crippen LogP contribution < -0.4 is 25.1 Å². The molecule has 4 rings (SSSR count). The lowest BCUT2D eigenvalue weighted by atomic mass is 10.1. The standard InChI is InChI=1S/C20H18N2O5/c23-19-13(6-7-21-20(24)27-15-4-2-1-3-5-15)10-14-11-17-18(12-16(14)22-19)26-9-8-25-17/h1-5,10-12H,6-9H2,(H,21,24)(H,22,23). The van der Waals surface area contributed by atoms with Gasteiger partial charge >= 0.3 is 6.09 Å². The van der Waals surface area contributed by atoms with Crippen LogP contribution in [0, 0.1) is 0 Å². The molecule has 7 heteroatoms. The van der Waals surface area contributed by atoms with Crippen LogP contribution in [0.5, 0.6) is 17.2 Å². The zero-order valence-electron chi connectivity index (χ0n) is 14.5. The van der Waals surface area contributed by atoms with Crippen molar-refractivity contribution in [1.82, 2.24) is 10.3 Å². The molecular formula is C20H18N2O5. The van der Waals surface area contributed by atoms with Crippen molar-refractivity contribution < 1.29 is 19.0 Å². The van der Waals surface area contributed by atoms with Gasteiger partial charge < -0.3 is 24.5 Å². The minimum atomic E-state index is -0.557. The molecule has 1 aliphatic rings. The second-order valence-electron chi connectivity index (χ2n) is 6.09. The number of hydrogen-bond donors (Lipinski definition) is 2. The van der Waals surface area contributed by atoms with Crippen LogP contribution in [0.25, 0.3) is 10.9 Å². The summed E-state index contributed by atoms with van der Waals surface area (Å²) in [6.07, 6.45) is -0.179. The number of rotatable bonds is 4. The van der Waals surface area contributed by atoms with Crippen LogP contribution in [0.3, 0.4) is 0 Å². The fourth-order valence-electron chi connectivity index (χ4n) is 2.90. The molecule has 1 amide bonds. The van der Waals surface area contributed by atoms with Gasteiger partial charge in [0.05, 0.1) is 5.52 Å². The number of amides is 1. The van der Waals surface area contributed by atoms with Crippen LogP contribution in [0.2, 0.25) is 0 Å². The van der Waals surface area contributed by atoms with E-state index in [0.29, 0.717) is 48.0 Å².